The van der Waals surface area contributed by atoms with Crippen LogP contribution in [0.4, 0.5) is 11.4 Å². The van der Waals surface area contributed by atoms with E-state index in [0.29, 0.717) is 27.5 Å². The van der Waals surface area contributed by atoms with Gasteiger partial charge in [-0.1, -0.05) is 17.7 Å². The van der Waals surface area contributed by atoms with Gasteiger partial charge in [-0.3, -0.25) is 9.59 Å². The molecule has 3 rings (SSSR count). The second-order valence-electron chi connectivity index (χ2n) is 4.66. The van der Waals surface area contributed by atoms with Crippen LogP contribution in [0.5, 0.6) is 0 Å². The third-order valence-electron chi connectivity index (χ3n) is 3.25. The van der Waals surface area contributed by atoms with Gasteiger partial charge in [0.2, 0.25) is 0 Å². The summed E-state index contributed by atoms with van der Waals surface area (Å²) in [6.45, 7) is 0. The molecule has 21 heavy (non-hydrogen) atoms. The van der Waals surface area contributed by atoms with E-state index in [1.54, 1.807) is 42.5 Å². The lowest BCUT2D eigenvalue weighted by molar-refractivity contribution is -0.110. The molecule has 2 aromatic carbocycles. The SMILES string of the molecule is Nc1ccc(C(=O)/C=C2/C(=O)Nc3cccc(Cl)c32)cc1. The van der Waals surface area contributed by atoms with E-state index in [9.17, 15) is 9.59 Å². The summed E-state index contributed by atoms with van der Waals surface area (Å²) in [4.78, 5) is 24.2. The Kier molecular flexibility index (Phi) is 3.23. The van der Waals surface area contributed by atoms with Crippen molar-refractivity contribution in [2.24, 2.45) is 0 Å². The van der Waals surface area contributed by atoms with E-state index < -0.39 is 0 Å². The molecule has 0 saturated carbocycles. The van der Waals surface area contributed by atoms with E-state index in [4.69, 9.17) is 17.3 Å². The number of nitrogens with two attached hydrogens (primary N) is 1. The van der Waals surface area contributed by atoms with E-state index in [1.165, 1.54) is 6.08 Å². The highest BCUT2D eigenvalue weighted by atomic mass is 35.5. The summed E-state index contributed by atoms with van der Waals surface area (Å²) in [5, 5.41) is 3.12. The molecule has 5 heteroatoms. The maximum Gasteiger partial charge on any atom is 0.256 e. The van der Waals surface area contributed by atoms with Gasteiger partial charge in [-0.2, -0.15) is 0 Å². The van der Waals surface area contributed by atoms with Gasteiger partial charge in [-0.15, -0.1) is 0 Å². The number of carbonyl (C=O) groups is 2. The lowest BCUT2D eigenvalue weighted by Gasteiger charge is -2.01. The monoisotopic (exact) mass is 298 g/mol. The lowest BCUT2D eigenvalue weighted by atomic mass is 10.0. The number of amides is 1. The molecule has 3 N–H and O–H groups in total. The topological polar surface area (TPSA) is 72.2 Å². The summed E-state index contributed by atoms with van der Waals surface area (Å²) in [6.07, 6.45) is 1.30. The second-order valence-corrected chi connectivity index (χ2v) is 5.07. The minimum atomic E-state index is -0.332. The van der Waals surface area contributed by atoms with Crippen molar-refractivity contribution in [2.75, 3.05) is 11.1 Å². The fourth-order valence-corrected chi connectivity index (χ4v) is 2.48. The molecule has 1 amide bonds. The minimum Gasteiger partial charge on any atom is -0.399 e. The summed E-state index contributed by atoms with van der Waals surface area (Å²) in [5.41, 5.74) is 8.08. The largest absolute Gasteiger partial charge is 0.399 e. The Hall–Kier alpha value is -2.59. The first kappa shape index (κ1) is 13.4. The molecule has 1 aliphatic heterocycles. The van der Waals surface area contributed by atoms with Gasteiger partial charge in [-0.25, -0.2) is 0 Å². The number of fused-ring (bicyclic) bond motifs is 1. The van der Waals surface area contributed by atoms with Crippen LogP contribution in [0.3, 0.4) is 0 Å². The van der Waals surface area contributed by atoms with Crippen LogP contribution in [0.25, 0.3) is 5.57 Å². The van der Waals surface area contributed by atoms with E-state index >= 15 is 0 Å². The molecular weight excluding hydrogens is 288 g/mol. The van der Waals surface area contributed by atoms with Gasteiger partial charge < -0.3 is 11.1 Å². The molecular formula is C16H11ClN2O2. The molecule has 0 saturated heterocycles. The fourth-order valence-electron chi connectivity index (χ4n) is 2.20. The molecule has 2 aromatic rings. The van der Waals surface area contributed by atoms with Crippen LogP contribution < -0.4 is 11.1 Å². The Morgan fingerprint density at radius 1 is 1.14 bits per heavy atom. The highest BCUT2D eigenvalue weighted by Gasteiger charge is 2.27. The summed E-state index contributed by atoms with van der Waals surface area (Å²) in [6, 6.07) is 11.7. The quantitative estimate of drug-likeness (QED) is 0.508. The number of allylic oxidation sites excluding steroid dienone is 1. The van der Waals surface area contributed by atoms with Crippen molar-refractivity contribution in [3.8, 4) is 0 Å². The van der Waals surface area contributed by atoms with Crippen molar-refractivity contribution < 1.29 is 9.59 Å². The number of halogens is 1. The number of nitrogens with one attached hydrogen (secondary N) is 1. The number of hydrogen-bond donors (Lipinski definition) is 2. The third kappa shape index (κ3) is 2.41. The summed E-state index contributed by atoms with van der Waals surface area (Å²) >= 11 is 6.12. The van der Waals surface area contributed by atoms with Crippen LogP contribution in [0.2, 0.25) is 5.02 Å². The number of benzene rings is 2. The van der Waals surface area contributed by atoms with Crippen LogP contribution in [-0.4, -0.2) is 11.7 Å². The minimum absolute atomic E-state index is 0.270. The molecule has 0 aliphatic carbocycles. The summed E-state index contributed by atoms with van der Waals surface area (Å²) in [7, 11) is 0. The second kappa shape index (κ2) is 5.07. The van der Waals surface area contributed by atoms with E-state index in [1.807, 2.05) is 0 Å². The third-order valence-corrected chi connectivity index (χ3v) is 3.56. The molecule has 0 aromatic heterocycles. The van der Waals surface area contributed by atoms with Gasteiger partial charge in [0.15, 0.2) is 5.78 Å². The van der Waals surface area contributed by atoms with Crippen molar-refractivity contribution in [1.82, 2.24) is 0 Å². The van der Waals surface area contributed by atoms with Crippen LogP contribution >= 0.6 is 11.6 Å². The van der Waals surface area contributed by atoms with Crippen molar-refractivity contribution >= 4 is 40.2 Å². The van der Waals surface area contributed by atoms with Crippen LogP contribution in [0.1, 0.15) is 15.9 Å². The van der Waals surface area contributed by atoms with Gasteiger partial charge in [0.1, 0.15) is 0 Å². The standard InChI is InChI=1S/C16H11ClN2O2/c17-12-2-1-3-13-15(12)11(16(21)19-13)8-14(20)9-4-6-10(18)7-5-9/h1-8H,18H2,(H,19,21)/b11-8+. The summed E-state index contributed by atoms with van der Waals surface area (Å²) in [5.74, 6) is -0.602. The van der Waals surface area contributed by atoms with Crippen molar-refractivity contribution in [3.63, 3.8) is 0 Å². The number of nitrogen functional groups attached to an aromatic ring is 1. The van der Waals surface area contributed by atoms with Gasteiger partial charge >= 0.3 is 0 Å². The first-order chi connectivity index (χ1) is 10.1. The molecule has 0 spiro atoms. The van der Waals surface area contributed by atoms with Crippen LogP contribution in [0.15, 0.2) is 48.5 Å². The maximum absolute atomic E-state index is 12.2. The Balaban J connectivity index is 2.03. The van der Waals surface area contributed by atoms with Gasteiger partial charge in [-0.05, 0) is 42.5 Å². The molecule has 0 bridgehead atoms. The van der Waals surface area contributed by atoms with Gasteiger partial charge in [0.05, 0.1) is 16.3 Å². The zero-order chi connectivity index (χ0) is 15.0. The van der Waals surface area contributed by atoms with E-state index in [0.717, 1.165) is 0 Å². The van der Waals surface area contributed by atoms with Crippen LogP contribution in [0, 0.1) is 0 Å². The van der Waals surface area contributed by atoms with Crippen LogP contribution in [-0.2, 0) is 4.79 Å². The highest BCUT2D eigenvalue weighted by Crippen LogP contribution is 2.37. The number of ketones is 1. The first-order valence-electron chi connectivity index (χ1n) is 6.28. The normalized spacial score (nSPS) is 14.9. The average Bonchev–Trinajstić information content (AvgIpc) is 2.77. The molecule has 0 radical (unpaired) electrons. The molecule has 0 fully saturated rings. The Morgan fingerprint density at radius 3 is 2.57 bits per heavy atom. The predicted molar refractivity (Wildman–Crippen MR) is 83.2 cm³/mol. The van der Waals surface area contributed by atoms with E-state index in [2.05, 4.69) is 5.32 Å². The molecule has 104 valence electrons. The van der Waals surface area contributed by atoms with Gasteiger partial charge in [0, 0.05) is 16.8 Å². The smallest absolute Gasteiger partial charge is 0.256 e. The zero-order valence-corrected chi connectivity index (χ0v) is 11.6. The van der Waals surface area contributed by atoms with Crippen molar-refractivity contribution in [3.05, 3.63) is 64.7 Å². The van der Waals surface area contributed by atoms with Gasteiger partial charge in [0.25, 0.3) is 5.91 Å². The lowest BCUT2D eigenvalue weighted by Crippen LogP contribution is -2.06. The van der Waals surface area contributed by atoms with E-state index in [-0.39, 0.29) is 17.3 Å². The fraction of sp³-hybridized carbons (Fsp3) is 0. The Morgan fingerprint density at radius 2 is 1.86 bits per heavy atom. The maximum atomic E-state index is 12.2. The summed E-state index contributed by atoms with van der Waals surface area (Å²) < 4.78 is 0. The Labute approximate surface area is 126 Å². The predicted octanol–water partition coefficient (Wildman–Crippen LogP) is 3.14. The molecule has 0 atom stereocenters. The Bertz CT molecular complexity index is 779. The molecule has 1 heterocycles. The number of rotatable bonds is 2. The van der Waals surface area contributed by atoms with Crippen molar-refractivity contribution in [2.45, 2.75) is 0 Å². The number of hydrogen-bond acceptors (Lipinski definition) is 3. The highest BCUT2D eigenvalue weighted by molar-refractivity contribution is 6.41. The number of carbonyl (C=O) groups excluding carboxylic acids is 2. The zero-order valence-electron chi connectivity index (χ0n) is 10.9. The van der Waals surface area contributed by atoms with Crippen molar-refractivity contribution in [1.29, 1.82) is 0 Å². The first-order valence-corrected chi connectivity index (χ1v) is 6.66. The average molecular weight is 299 g/mol. The number of anilines is 2. The molecule has 1 aliphatic rings. The molecule has 4 nitrogen and oxygen atoms in total. The molecule has 0 unspecified atom stereocenters.